The van der Waals surface area contributed by atoms with Gasteiger partial charge in [-0.2, -0.15) is 5.10 Å². The number of aromatic nitrogens is 3. The van der Waals surface area contributed by atoms with Crippen molar-refractivity contribution in [3.8, 4) is 0 Å². The van der Waals surface area contributed by atoms with Gasteiger partial charge in [-0.05, 0) is 12.8 Å². The Morgan fingerprint density at radius 2 is 2.23 bits per heavy atom. The molecule has 1 N–H and O–H groups in total. The number of nitrogens with zero attached hydrogens (tertiary/aromatic N) is 4. The first-order valence-electron chi connectivity index (χ1n) is 4.32. The summed E-state index contributed by atoms with van der Waals surface area (Å²) in [5.41, 5.74) is -0.342. The normalized spacial score (nSPS) is 12.5. The second-order valence-electron chi connectivity index (χ2n) is 2.90. The maximum absolute atomic E-state index is 8.57. The lowest BCUT2D eigenvalue weighted by atomic mass is 9.95. The van der Waals surface area contributed by atoms with E-state index >= 15 is 0 Å². The van der Waals surface area contributed by atoms with E-state index in [2.05, 4.69) is 15.2 Å². The summed E-state index contributed by atoms with van der Waals surface area (Å²) in [4.78, 5) is 3.87. The van der Waals surface area contributed by atoms with E-state index in [1.54, 1.807) is 11.0 Å². The van der Waals surface area contributed by atoms with Crippen molar-refractivity contribution in [1.82, 2.24) is 14.8 Å². The molecule has 1 heterocycles. The van der Waals surface area contributed by atoms with Crippen LogP contribution >= 0.6 is 0 Å². The smallest absolute Gasteiger partial charge is 0.137 e. The van der Waals surface area contributed by atoms with Crippen LogP contribution in [0.25, 0.3) is 0 Å². The van der Waals surface area contributed by atoms with Crippen molar-refractivity contribution in [1.29, 1.82) is 0 Å². The van der Waals surface area contributed by atoms with Crippen LogP contribution in [0.4, 0.5) is 0 Å². The maximum atomic E-state index is 8.57. The molecule has 0 unspecified atom stereocenters. The zero-order valence-electron chi connectivity index (χ0n) is 7.88. The Labute approximate surface area is 77.1 Å². The Morgan fingerprint density at radius 1 is 1.54 bits per heavy atom. The Hall–Kier alpha value is -1.39. The minimum atomic E-state index is -0.342. The molecule has 5 nitrogen and oxygen atoms in total. The third-order valence-electron chi connectivity index (χ3n) is 2.40. The second kappa shape index (κ2) is 4.02. The summed E-state index contributed by atoms with van der Waals surface area (Å²) in [5.74, 6) is 0. The van der Waals surface area contributed by atoms with Crippen molar-refractivity contribution in [2.75, 3.05) is 0 Å². The Balaban J connectivity index is 3.03. The third-order valence-corrected chi connectivity index (χ3v) is 2.40. The predicted octanol–water partition coefficient (Wildman–Crippen LogP) is 1.25. The van der Waals surface area contributed by atoms with Gasteiger partial charge >= 0.3 is 0 Å². The van der Waals surface area contributed by atoms with Crippen molar-refractivity contribution in [3.05, 3.63) is 12.7 Å². The SMILES string of the molecule is CCC(C=NO)(CC)n1cncn1. The quantitative estimate of drug-likeness (QED) is 0.433. The third kappa shape index (κ3) is 1.68. The monoisotopic (exact) mass is 182 g/mol. The summed E-state index contributed by atoms with van der Waals surface area (Å²) >= 11 is 0. The summed E-state index contributed by atoms with van der Waals surface area (Å²) in [6, 6.07) is 0. The molecule has 0 aliphatic rings. The minimum Gasteiger partial charge on any atom is -0.411 e. The molecule has 0 saturated carbocycles. The molecule has 0 aromatic carbocycles. The highest BCUT2D eigenvalue weighted by atomic mass is 16.4. The molecule has 72 valence electrons. The molecule has 0 saturated heterocycles. The van der Waals surface area contributed by atoms with Crippen LogP contribution in [0.2, 0.25) is 0 Å². The van der Waals surface area contributed by atoms with Crippen molar-refractivity contribution >= 4 is 6.21 Å². The van der Waals surface area contributed by atoms with Crippen molar-refractivity contribution in [3.63, 3.8) is 0 Å². The molecule has 5 heteroatoms. The fourth-order valence-corrected chi connectivity index (χ4v) is 1.36. The van der Waals surface area contributed by atoms with E-state index in [1.807, 2.05) is 13.8 Å². The van der Waals surface area contributed by atoms with E-state index in [1.165, 1.54) is 12.5 Å². The van der Waals surface area contributed by atoms with Gasteiger partial charge in [0.1, 0.15) is 18.2 Å². The lowest BCUT2D eigenvalue weighted by Gasteiger charge is -2.26. The van der Waals surface area contributed by atoms with Gasteiger partial charge in [-0.3, -0.25) is 0 Å². The molecule has 1 rings (SSSR count). The van der Waals surface area contributed by atoms with Gasteiger partial charge in [-0.15, -0.1) is 0 Å². The molecular weight excluding hydrogens is 168 g/mol. The summed E-state index contributed by atoms with van der Waals surface area (Å²) < 4.78 is 1.72. The van der Waals surface area contributed by atoms with E-state index in [-0.39, 0.29) is 5.54 Å². The topological polar surface area (TPSA) is 63.3 Å². The van der Waals surface area contributed by atoms with Gasteiger partial charge in [0.15, 0.2) is 0 Å². The van der Waals surface area contributed by atoms with Gasteiger partial charge < -0.3 is 5.21 Å². The van der Waals surface area contributed by atoms with Gasteiger partial charge in [-0.25, -0.2) is 9.67 Å². The molecule has 1 aromatic rings. The lowest BCUT2D eigenvalue weighted by molar-refractivity contribution is 0.294. The van der Waals surface area contributed by atoms with Gasteiger partial charge in [0.25, 0.3) is 0 Å². The minimum absolute atomic E-state index is 0.342. The molecular formula is C8H14N4O. The van der Waals surface area contributed by atoms with Crippen LogP contribution in [-0.2, 0) is 5.54 Å². The second-order valence-corrected chi connectivity index (χ2v) is 2.90. The number of rotatable bonds is 4. The zero-order chi connectivity index (χ0) is 9.73. The predicted molar refractivity (Wildman–Crippen MR) is 48.9 cm³/mol. The maximum Gasteiger partial charge on any atom is 0.137 e. The largest absolute Gasteiger partial charge is 0.411 e. The lowest BCUT2D eigenvalue weighted by Crippen LogP contribution is -2.34. The Kier molecular flexibility index (Phi) is 3.00. The molecule has 0 aliphatic carbocycles. The van der Waals surface area contributed by atoms with E-state index in [9.17, 15) is 0 Å². The van der Waals surface area contributed by atoms with Crippen molar-refractivity contribution in [2.45, 2.75) is 32.2 Å². The summed E-state index contributed by atoms with van der Waals surface area (Å²) in [7, 11) is 0. The first-order chi connectivity index (χ1) is 6.29. The van der Waals surface area contributed by atoms with Crippen LogP contribution in [0.5, 0.6) is 0 Å². The molecule has 0 radical (unpaired) electrons. The highest BCUT2D eigenvalue weighted by Gasteiger charge is 2.27. The molecule has 0 atom stereocenters. The highest BCUT2D eigenvalue weighted by Crippen LogP contribution is 2.21. The van der Waals surface area contributed by atoms with Crippen LogP contribution in [0.3, 0.4) is 0 Å². The van der Waals surface area contributed by atoms with Crippen molar-refractivity contribution in [2.24, 2.45) is 5.16 Å². The van der Waals surface area contributed by atoms with Gasteiger partial charge in [-0.1, -0.05) is 19.0 Å². The fourth-order valence-electron chi connectivity index (χ4n) is 1.36. The number of hydrogen-bond acceptors (Lipinski definition) is 4. The fraction of sp³-hybridized carbons (Fsp3) is 0.625. The van der Waals surface area contributed by atoms with Crippen LogP contribution in [0, 0.1) is 0 Å². The molecule has 0 fully saturated rings. The zero-order valence-corrected chi connectivity index (χ0v) is 7.88. The summed E-state index contributed by atoms with van der Waals surface area (Å²) in [5, 5.41) is 15.7. The molecule has 0 spiro atoms. The standard InChI is InChI=1S/C8H14N4O/c1-3-8(4-2,5-11-13)12-7-9-6-10-12/h5-7,13H,3-4H2,1-2H3. The van der Waals surface area contributed by atoms with E-state index in [0.717, 1.165) is 12.8 Å². The first-order valence-corrected chi connectivity index (χ1v) is 4.32. The van der Waals surface area contributed by atoms with E-state index < -0.39 is 0 Å². The Bertz CT molecular complexity index is 264. The van der Waals surface area contributed by atoms with Crippen LogP contribution in [0.1, 0.15) is 26.7 Å². The molecule has 1 aromatic heterocycles. The Morgan fingerprint density at radius 3 is 2.62 bits per heavy atom. The van der Waals surface area contributed by atoms with Crippen LogP contribution < -0.4 is 0 Å². The summed E-state index contributed by atoms with van der Waals surface area (Å²) in [6.45, 7) is 4.04. The van der Waals surface area contributed by atoms with Gasteiger partial charge in [0.05, 0.1) is 6.21 Å². The number of oxime groups is 1. The molecule has 13 heavy (non-hydrogen) atoms. The molecule has 0 bridgehead atoms. The average Bonchev–Trinajstić information content (AvgIpc) is 2.68. The van der Waals surface area contributed by atoms with E-state index in [4.69, 9.17) is 5.21 Å². The molecule has 0 amide bonds. The molecule has 0 aliphatic heterocycles. The first kappa shape index (κ1) is 9.70. The van der Waals surface area contributed by atoms with Crippen molar-refractivity contribution < 1.29 is 5.21 Å². The summed E-state index contributed by atoms with van der Waals surface area (Å²) in [6.07, 6.45) is 6.25. The van der Waals surface area contributed by atoms with Crippen LogP contribution in [-0.4, -0.2) is 26.2 Å². The van der Waals surface area contributed by atoms with E-state index in [0.29, 0.717) is 0 Å². The highest BCUT2D eigenvalue weighted by molar-refractivity contribution is 5.66. The van der Waals surface area contributed by atoms with Gasteiger partial charge in [0.2, 0.25) is 0 Å². The average molecular weight is 182 g/mol. The number of hydrogen-bond donors (Lipinski definition) is 1. The van der Waals surface area contributed by atoms with Gasteiger partial charge in [0, 0.05) is 0 Å². The van der Waals surface area contributed by atoms with Crippen LogP contribution in [0.15, 0.2) is 17.8 Å².